The molecule has 3 heteroatoms. The van der Waals surface area contributed by atoms with Crippen molar-refractivity contribution < 1.29 is 5.11 Å². The normalized spacial score (nSPS) is 10.8. The Morgan fingerprint density at radius 2 is 2.18 bits per heavy atom. The molecule has 0 aliphatic carbocycles. The Kier molecular flexibility index (Phi) is 4.76. The highest BCUT2D eigenvalue weighted by atomic mass is 16.3. The molecular formula is C14H20N2O. The molecule has 0 atom stereocenters. The van der Waals surface area contributed by atoms with Crippen LogP contribution in [0.15, 0.2) is 29.8 Å². The molecule has 0 saturated heterocycles. The summed E-state index contributed by atoms with van der Waals surface area (Å²) in [5, 5.41) is 9.70. The number of aliphatic imine (C=N–C) groups is 1. The molecule has 1 aromatic carbocycles. The monoisotopic (exact) mass is 232 g/mol. The van der Waals surface area contributed by atoms with Gasteiger partial charge < -0.3 is 10.0 Å². The largest absolute Gasteiger partial charge is 0.508 e. The maximum atomic E-state index is 9.70. The topological polar surface area (TPSA) is 35.8 Å². The molecule has 0 amide bonds. The van der Waals surface area contributed by atoms with Gasteiger partial charge >= 0.3 is 0 Å². The predicted octanol–water partition coefficient (Wildman–Crippen LogP) is 3.04. The van der Waals surface area contributed by atoms with Crippen molar-refractivity contribution in [2.45, 2.75) is 20.3 Å². The zero-order chi connectivity index (χ0) is 12.8. The number of likely N-dealkylation sites (N-methyl/N-ethyl adjacent to an activating group) is 1. The first-order valence-electron chi connectivity index (χ1n) is 5.76. The van der Waals surface area contributed by atoms with Crippen molar-refractivity contribution in [1.29, 1.82) is 0 Å². The molecule has 3 nitrogen and oxygen atoms in total. The smallest absolute Gasteiger partial charge is 0.119 e. The summed E-state index contributed by atoms with van der Waals surface area (Å²) in [5.41, 5.74) is 2.80. The molecule has 1 rings (SSSR count). The summed E-state index contributed by atoms with van der Waals surface area (Å²) in [5.74, 6) is 0.350. The van der Waals surface area contributed by atoms with Crippen LogP contribution in [0.4, 0.5) is 5.69 Å². The number of aryl methyl sites for hydroxylation is 2. The highest BCUT2D eigenvalue weighted by Crippen LogP contribution is 2.27. The summed E-state index contributed by atoms with van der Waals surface area (Å²) < 4.78 is 0. The van der Waals surface area contributed by atoms with Crippen LogP contribution in [0.2, 0.25) is 0 Å². The van der Waals surface area contributed by atoms with E-state index < -0.39 is 0 Å². The third-order valence-electron chi connectivity index (χ3n) is 2.59. The lowest BCUT2D eigenvalue weighted by atomic mass is 10.1. The molecular weight excluding hydrogens is 212 g/mol. The molecule has 0 spiro atoms. The van der Waals surface area contributed by atoms with Crippen LogP contribution >= 0.6 is 0 Å². The van der Waals surface area contributed by atoms with Gasteiger partial charge in [0, 0.05) is 13.6 Å². The fourth-order valence-electron chi connectivity index (χ4n) is 1.56. The van der Waals surface area contributed by atoms with Crippen LogP contribution in [-0.2, 0) is 6.42 Å². The van der Waals surface area contributed by atoms with Gasteiger partial charge in [0.25, 0.3) is 0 Å². The molecule has 0 radical (unpaired) electrons. The number of phenolic OH excluding ortho intramolecular Hbond substituents is 1. The first-order valence-corrected chi connectivity index (χ1v) is 5.76. The Balaban J connectivity index is 2.94. The Bertz CT molecular complexity index is 424. The zero-order valence-electron chi connectivity index (χ0n) is 10.8. The molecule has 1 aromatic rings. The second-order valence-corrected chi connectivity index (χ2v) is 4.09. The number of phenols is 1. The minimum atomic E-state index is 0.350. The first kappa shape index (κ1) is 13.3. The summed E-state index contributed by atoms with van der Waals surface area (Å²) in [6.45, 7) is 8.40. The highest BCUT2D eigenvalue weighted by Gasteiger charge is 2.04. The van der Waals surface area contributed by atoms with Crippen LogP contribution in [0.1, 0.15) is 18.1 Å². The van der Waals surface area contributed by atoms with Gasteiger partial charge in [-0.15, -0.1) is 6.58 Å². The van der Waals surface area contributed by atoms with E-state index in [1.807, 2.05) is 37.9 Å². The summed E-state index contributed by atoms with van der Waals surface area (Å²) >= 11 is 0. The number of aromatic hydroxyl groups is 1. The lowest BCUT2D eigenvalue weighted by molar-refractivity contribution is 0.468. The summed E-state index contributed by atoms with van der Waals surface area (Å²) in [6.07, 6.45) is 4.41. The van der Waals surface area contributed by atoms with Gasteiger partial charge in [-0.25, -0.2) is 4.99 Å². The Morgan fingerprint density at radius 3 is 2.76 bits per heavy atom. The fourth-order valence-corrected chi connectivity index (χ4v) is 1.56. The van der Waals surface area contributed by atoms with E-state index in [1.165, 1.54) is 0 Å². The molecule has 0 aromatic heterocycles. The quantitative estimate of drug-likeness (QED) is 0.481. The molecule has 0 saturated carbocycles. The molecule has 0 aliphatic heterocycles. The zero-order valence-corrected chi connectivity index (χ0v) is 10.8. The molecule has 1 N–H and O–H groups in total. The Labute approximate surface area is 103 Å². The summed E-state index contributed by atoms with van der Waals surface area (Å²) in [4.78, 5) is 6.37. The molecule has 92 valence electrons. The van der Waals surface area contributed by atoms with Gasteiger partial charge in [0.2, 0.25) is 0 Å². The van der Waals surface area contributed by atoms with Crippen LogP contribution in [0.3, 0.4) is 0 Å². The maximum absolute atomic E-state index is 9.70. The van der Waals surface area contributed by atoms with Crippen molar-refractivity contribution in [2.24, 2.45) is 4.99 Å². The van der Waals surface area contributed by atoms with Gasteiger partial charge in [0.15, 0.2) is 0 Å². The average molecular weight is 232 g/mol. The van der Waals surface area contributed by atoms with E-state index in [9.17, 15) is 5.11 Å². The standard InChI is InChI=1S/C14H20N2O/c1-5-7-16(4)10-15-13-9-12(6-2)14(17)8-11(13)3/h5,8-10,17H,1,6-7H2,2-4H3. The van der Waals surface area contributed by atoms with Gasteiger partial charge in [-0.05, 0) is 36.6 Å². The van der Waals surface area contributed by atoms with Crippen molar-refractivity contribution >= 4 is 12.0 Å². The summed E-state index contributed by atoms with van der Waals surface area (Å²) in [7, 11) is 1.95. The van der Waals surface area contributed by atoms with Crippen LogP contribution < -0.4 is 0 Å². The van der Waals surface area contributed by atoms with E-state index in [0.717, 1.165) is 29.8 Å². The SMILES string of the molecule is C=CCN(C)C=Nc1cc(CC)c(O)cc1C. The van der Waals surface area contributed by atoms with Crippen LogP contribution in [0.25, 0.3) is 0 Å². The molecule has 17 heavy (non-hydrogen) atoms. The van der Waals surface area contributed by atoms with Gasteiger partial charge in [-0.3, -0.25) is 0 Å². The van der Waals surface area contributed by atoms with Crippen LogP contribution in [0, 0.1) is 6.92 Å². The van der Waals surface area contributed by atoms with E-state index in [-0.39, 0.29) is 0 Å². The van der Waals surface area contributed by atoms with Crippen LogP contribution in [0.5, 0.6) is 5.75 Å². The molecule has 0 aliphatic rings. The molecule has 0 fully saturated rings. The number of nitrogens with zero attached hydrogens (tertiary/aromatic N) is 2. The van der Waals surface area contributed by atoms with Gasteiger partial charge in [0.05, 0.1) is 12.0 Å². The van der Waals surface area contributed by atoms with E-state index in [4.69, 9.17) is 0 Å². The van der Waals surface area contributed by atoms with Crippen molar-refractivity contribution in [1.82, 2.24) is 4.90 Å². The van der Waals surface area contributed by atoms with E-state index >= 15 is 0 Å². The number of rotatable bonds is 5. The van der Waals surface area contributed by atoms with Crippen molar-refractivity contribution in [3.63, 3.8) is 0 Å². The van der Waals surface area contributed by atoms with Crippen LogP contribution in [-0.4, -0.2) is 29.9 Å². The second kappa shape index (κ2) is 6.09. The van der Waals surface area contributed by atoms with E-state index in [0.29, 0.717) is 5.75 Å². The van der Waals surface area contributed by atoms with Gasteiger partial charge in [-0.2, -0.15) is 0 Å². The molecule has 0 heterocycles. The molecule has 0 bridgehead atoms. The minimum Gasteiger partial charge on any atom is -0.508 e. The maximum Gasteiger partial charge on any atom is 0.119 e. The first-order chi connectivity index (χ1) is 8.08. The second-order valence-electron chi connectivity index (χ2n) is 4.09. The van der Waals surface area contributed by atoms with Crippen molar-refractivity contribution in [2.75, 3.05) is 13.6 Å². The average Bonchev–Trinajstić information content (AvgIpc) is 2.28. The summed E-state index contributed by atoms with van der Waals surface area (Å²) in [6, 6.07) is 3.70. The Hall–Kier alpha value is -1.77. The van der Waals surface area contributed by atoms with E-state index in [2.05, 4.69) is 11.6 Å². The number of benzene rings is 1. The lowest BCUT2D eigenvalue weighted by Crippen LogP contribution is -2.15. The van der Waals surface area contributed by atoms with Gasteiger partial charge in [0.1, 0.15) is 5.75 Å². The fraction of sp³-hybridized carbons (Fsp3) is 0.357. The third kappa shape index (κ3) is 3.63. The minimum absolute atomic E-state index is 0.350. The highest BCUT2D eigenvalue weighted by molar-refractivity contribution is 5.64. The van der Waals surface area contributed by atoms with Crippen molar-refractivity contribution in [3.05, 3.63) is 35.9 Å². The van der Waals surface area contributed by atoms with Gasteiger partial charge in [-0.1, -0.05) is 13.0 Å². The number of hydrogen-bond donors (Lipinski definition) is 1. The van der Waals surface area contributed by atoms with Crippen molar-refractivity contribution in [3.8, 4) is 5.75 Å². The Morgan fingerprint density at radius 1 is 1.47 bits per heavy atom. The lowest BCUT2D eigenvalue weighted by Gasteiger charge is -2.10. The third-order valence-corrected chi connectivity index (χ3v) is 2.59. The van der Waals surface area contributed by atoms with E-state index in [1.54, 1.807) is 12.4 Å². The predicted molar refractivity (Wildman–Crippen MR) is 73.2 cm³/mol. The number of hydrogen-bond acceptors (Lipinski definition) is 2. The molecule has 0 unspecified atom stereocenters.